The number of anilines is 1. The fraction of sp³-hybridized carbons (Fsp3) is 0.189. The number of benzene rings is 4. The van der Waals surface area contributed by atoms with Crippen LogP contribution in [0.25, 0.3) is 5.76 Å². The topological polar surface area (TPSA) is 102 Å². The number of aryl methyl sites for hydroxylation is 1. The number of ketones is 1. The van der Waals surface area contributed by atoms with Gasteiger partial charge in [-0.1, -0.05) is 84.1 Å². The number of hydrogen-bond donors (Lipinski definition) is 1. The maximum absolute atomic E-state index is 13.7. The van der Waals surface area contributed by atoms with Crippen molar-refractivity contribution in [1.29, 1.82) is 0 Å². The van der Waals surface area contributed by atoms with E-state index in [1.54, 1.807) is 60.7 Å². The molecule has 1 atom stereocenters. The number of carbonyl (C=O) groups excluding carboxylic acids is 2. The van der Waals surface area contributed by atoms with Gasteiger partial charge in [0.15, 0.2) is 4.34 Å². The van der Waals surface area contributed by atoms with E-state index >= 15 is 0 Å². The monoisotopic (exact) mass is 681 g/mol. The average Bonchev–Trinajstić information content (AvgIpc) is 3.67. The molecular formula is C37H32FN3O5S2. The van der Waals surface area contributed by atoms with Gasteiger partial charge >= 0.3 is 5.91 Å². The number of amides is 1. The molecule has 0 aliphatic carbocycles. The predicted octanol–water partition coefficient (Wildman–Crippen LogP) is 8.27. The van der Waals surface area contributed by atoms with E-state index in [0.29, 0.717) is 45.9 Å². The van der Waals surface area contributed by atoms with Crippen LogP contribution in [-0.4, -0.2) is 33.6 Å². The molecule has 1 unspecified atom stereocenters. The molecule has 4 aromatic carbocycles. The van der Waals surface area contributed by atoms with E-state index in [9.17, 15) is 19.1 Å². The van der Waals surface area contributed by atoms with E-state index in [-0.39, 0.29) is 22.3 Å². The van der Waals surface area contributed by atoms with Gasteiger partial charge in [-0.3, -0.25) is 14.5 Å². The summed E-state index contributed by atoms with van der Waals surface area (Å²) in [6.45, 7) is 4.96. The summed E-state index contributed by atoms with van der Waals surface area (Å²) in [7, 11) is 0. The van der Waals surface area contributed by atoms with Crippen molar-refractivity contribution in [2.24, 2.45) is 0 Å². The minimum absolute atomic E-state index is 0.0635. The predicted molar refractivity (Wildman–Crippen MR) is 185 cm³/mol. The Labute approximate surface area is 285 Å². The molecule has 1 aliphatic heterocycles. The minimum atomic E-state index is -0.967. The molecule has 1 aromatic heterocycles. The summed E-state index contributed by atoms with van der Waals surface area (Å²) in [5.41, 5.74) is 3.95. The average molecular weight is 682 g/mol. The van der Waals surface area contributed by atoms with Crippen molar-refractivity contribution >= 4 is 45.7 Å². The van der Waals surface area contributed by atoms with Gasteiger partial charge in [0.2, 0.25) is 5.13 Å². The van der Waals surface area contributed by atoms with Crippen LogP contribution in [0.5, 0.6) is 11.5 Å². The smallest absolute Gasteiger partial charge is 0.301 e. The first kappa shape index (κ1) is 32.9. The second kappa shape index (κ2) is 14.8. The van der Waals surface area contributed by atoms with E-state index in [1.165, 1.54) is 28.8 Å². The van der Waals surface area contributed by atoms with Crippen LogP contribution in [0.1, 0.15) is 47.2 Å². The zero-order valence-corrected chi connectivity index (χ0v) is 27.9. The first-order valence-corrected chi connectivity index (χ1v) is 17.1. The number of halogens is 1. The van der Waals surface area contributed by atoms with Crippen molar-refractivity contribution in [3.8, 4) is 11.5 Å². The third-order valence-electron chi connectivity index (χ3n) is 7.61. The van der Waals surface area contributed by atoms with Crippen LogP contribution in [0.15, 0.2) is 107 Å². The van der Waals surface area contributed by atoms with E-state index in [1.807, 2.05) is 38.1 Å². The molecule has 48 heavy (non-hydrogen) atoms. The summed E-state index contributed by atoms with van der Waals surface area (Å²) in [5, 5.41) is 20.3. The Morgan fingerprint density at radius 3 is 2.33 bits per heavy atom. The Morgan fingerprint density at radius 2 is 1.62 bits per heavy atom. The van der Waals surface area contributed by atoms with Gasteiger partial charge in [-0.2, -0.15) is 0 Å². The number of hydrogen-bond acceptors (Lipinski definition) is 9. The summed E-state index contributed by atoms with van der Waals surface area (Å²) in [6, 6.07) is 27.1. The van der Waals surface area contributed by atoms with Crippen molar-refractivity contribution in [2.75, 3.05) is 11.5 Å². The third kappa shape index (κ3) is 7.42. The molecule has 0 spiro atoms. The van der Waals surface area contributed by atoms with E-state index in [2.05, 4.69) is 10.2 Å². The summed E-state index contributed by atoms with van der Waals surface area (Å²) in [5.74, 6) is -0.531. The second-order valence-corrected chi connectivity index (χ2v) is 13.3. The zero-order chi connectivity index (χ0) is 33.6. The lowest BCUT2D eigenvalue weighted by molar-refractivity contribution is -0.132. The van der Waals surface area contributed by atoms with E-state index < -0.39 is 17.7 Å². The molecule has 5 aromatic rings. The minimum Gasteiger partial charge on any atom is -0.507 e. The molecule has 1 aliphatic rings. The molecule has 1 fully saturated rings. The molecule has 1 amide bonds. The number of ether oxygens (including phenoxy) is 2. The normalized spacial score (nSPS) is 15.6. The number of rotatable bonds is 12. The van der Waals surface area contributed by atoms with E-state index in [0.717, 1.165) is 34.4 Å². The lowest BCUT2D eigenvalue weighted by Crippen LogP contribution is -2.29. The van der Waals surface area contributed by atoms with Crippen molar-refractivity contribution in [1.82, 2.24) is 10.2 Å². The van der Waals surface area contributed by atoms with Crippen LogP contribution in [0.3, 0.4) is 0 Å². The number of thioether (sulfide) groups is 1. The number of Topliss-reactive ketones (excluding diaryl/α,β-unsaturated/α-hetero) is 1. The first-order valence-electron chi connectivity index (χ1n) is 15.3. The van der Waals surface area contributed by atoms with Crippen LogP contribution in [0, 0.1) is 12.7 Å². The van der Waals surface area contributed by atoms with Gasteiger partial charge in [0.25, 0.3) is 5.78 Å². The molecular weight excluding hydrogens is 650 g/mol. The maximum atomic E-state index is 13.7. The number of aromatic nitrogens is 2. The Hall–Kier alpha value is -5.00. The summed E-state index contributed by atoms with van der Waals surface area (Å²) >= 11 is 2.55. The van der Waals surface area contributed by atoms with Crippen LogP contribution >= 0.6 is 23.1 Å². The van der Waals surface area contributed by atoms with Gasteiger partial charge in [0.1, 0.15) is 29.7 Å². The standard InChI is InChI=1S/C37H32FN3O5S2/c1-3-19-45-29-15-9-26(10-16-29)32-31(33(42)27-11-17-30(18-12-27)46-21-25-6-4-5-23(2)20-25)34(43)35(44)41(32)36-39-40-37(48-36)47-22-24-7-13-28(38)14-8-24/h4-18,20,32,42H,3,19,21-22H2,1-2H3/b33-31+. The molecule has 8 nitrogen and oxygen atoms in total. The summed E-state index contributed by atoms with van der Waals surface area (Å²) in [6.07, 6.45) is 0.843. The highest BCUT2D eigenvalue weighted by Crippen LogP contribution is 2.44. The van der Waals surface area contributed by atoms with Gasteiger partial charge in [-0.05, 0) is 78.6 Å². The van der Waals surface area contributed by atoms with Crippen molar-refractivity contribution in [3.05, 3.63) is 136 Å². The Balaban J connectivity index is 1.30. The molecule has 6 rings (SSSR count). The molecule has 1 N–H and O–H groups in total. The Kier molecular flexibility index (Phi) is 10.2. The number of nitrogens with zero attached hydrogens (tertiary/aromatic N) is 3. The SMILES string of the molecule is CCCOc1ccc(C2/C(=C(\O)c3ccc(OCc4cccc(C)c4)cc3)C(=O)C(=O)N2c2nnc(SCc3ccc(F)cc3)s2)cc1. The van der Waals surface area contributed by atoms with Gasteiger partial charge in [-0.25, -0.2) is 4.39 Å². The van der Waals surface area contributed by atoms with Crippen LogP contribution in [-0.2, 0) is 21.9 Å². The van der Waals surface area contributed by atoms with Gasteiger partial charge in [0.05, 0.1) is 18.2 Å². The number of aliphatic hydroxyl groups is 1. The Bertz CT molecular complexity index is 1940. The number of carbonyl (C=O) groups is 2. The fourth-order valence-corrected chi connectivity index (χ4v) is 7.05. The molecule has 2 heterocycles. The molecule has 244 valence electrons. The first-order chi connectivity index (χ1) is 23.3. The van der Waals surface area contributed by atoms with Gasteiger partial charge < -0.3 is 14.6 Å². The zero-order valence-electron chi connectivity index (χ0n) is 26.3. The Morgan fingerprint density at radius 1 is 0.917 bits per heavy atom. The molecule has 0 bridgehead atoms. The third-order valence-corrected chi connectivity index (χ3v) is 9.73. The van der Waals surface area contributed by atoms with Crippen molar-refractivity contribution in [3.63, 3.8) is 0 Å². The van der Waals surface area contributed by atoms with Crippen LogP contribution < -0.4 is 14.4 Å². The van der Waals surface area contributed by atoms with E-state index in [4.69, 9.17) is 9.47 Å². The second-order valence-electron chi connectivity index (χ2n) is 11.2. The van der Waals surface area contributed by atoms with Crippen LogP contribution in [0.2, 0.25) is 0 Å². The van der Waals surface area contributed by atoms with Gasteiger partial charge in [-0.15, -0.1) is 10.2 Å². The highest BCUT2D eigenvalue weighted by Gasteiger charge is 2.48. The van der Waals surface area contributed by atoms with Gasteiger partial charge in [0, 0.05) is 11.3 Å². The maximum Gasteiger partial charge on any atom is 0.301 e. The quantitative estimate of drug-likeness (QED) is 0.0462. The van der Waals surface area contributed by atoms with Crippen molar-refractivity contribution in [2.45, 2.75) is 43.0 Å². The molecule has 0 saturated carbocycles. The summed E-state index contributed by atoms with van der Waals surface area (Å²) < 4.78 is 25.6. The fourth-order valence-electron chi connectivity index (χ4n) is 5.23. The van der Waals surface area contributed by atoms with Crippen molar-refractivity contribution < 1.29 is 28.6 Å². The highest BCUT2D eigenvalue weighted by molar-refractivity contribution is 8.00. The lowest BCUT2D eigenvalue weighted by Gasteiger charge is -2.22. The van der Waals surface area contributed by atoms with Crippen LogP contribution in [0.4, 0.5) is 9.52 Å². The largest absolute Gasteiger partial charge is 0.507 e. The molecule has 0 radical (unpaired) electrons. The lowest BCUT2D eigenvalue weighted by atomic mass is 9.95. The summed E-state index contributed by atoms with van der Waals surface area (Å²) in [4.78, 5) is 28.6. The molecule has 1 saturated heterocycles. The highest BCUT2D eigenvalue weighted by atomic mass is 32.2. The molecule has 11 heteroatoms. The number of aliphatic hydroxyl groups excluding tert-OH is 1.